The Kier molecular flexibility index (Phi) is 4.09. The second kappa shape index (κ2) is 5.77. The lowest BCUT2D eigenvalue weighted by molar-refractivity contribution is 0.0952. The topological polar surface area (TPSA) is 47.6 Å². The molecule has 0 radical (unpaired) electrons. The highest BCUT2D eigenvalue weighted by Crippen LogP contribution is 2.32. The van der Waals surface area contributed by atoms with Gasteiger partial charge in [-0.1, -0.05) is 0 Å². The number of carbonyl (C=O) groups excluding carboxylic acids is 1. The molecule has 0 aromatic heterocycles. The molecule has 1 aliphatic heterocycles. The predicted molar refractivity (Wildman–Crippen MR) is 64.9 cm³/mol. The van der Waals surface area contributed by atoms with Gasteiger partial charge in [0.15, 0.2) is 11.5 Å². The van der Waals surface area contributed by atoms with E-state index in [1.807, 2.05) is 0 Å². The highest BCUT2D eigenvalue weighted by Gasteiger charge is 2.15. The number of ether oxygens (including phenoxy) is 2. The Bertz CT molecular complexity index is 409. The third kappa shape index (κ3) is 3.03. The predicted octanol–water partition coefficient (Wildman–Crippen LogP) is 2.16. The number of halogens is 1. The molecule has 17 heavy (non-hydrogen) atoms. The van der Waals surface area contributed by atoms with Gasteiger partial charge in [0.25, 0.3) is 5.91 Å². The first-order valence-electron chi connectivity index (χ1n) is 5.55. The summed E-state index contributed by atoms with van der Waals surface area (Å²) in [6.07, 6.45) is 1.79. The summed E-state index contributed by atoms with van der Waals surface area (Å²) in [5.41, 5.74) is 0.583. The average molecular weight is 256 g/mol. The Morgan fingerprint density at radius 1 is 1.29 bits per heavy atom. The van der Waals surface area contributed by atoms with Crippen molar-refractivity contribution in [1.29, 1.82) is 0 Å². The maximum absolute atomic E-state index is 11.8. The Balaban J connectivity index is 1.91. The molecule has 0 saturated heterocycles. The Morgan fingerprint density at radius 2 is 2.12 bits per heavy atom. The van der Waals surface area contributed by atoms with Crippen LogP contribution in [0.3, 0.4) is 0 Å². The molecular weight excluding hydrogens is 242 g/mol. The van der Waals surface area contributed by atoms with Crippen LogP contribution in [-0.2, 0) is 0 Å². The number of nitrogens with one attached hydrogen (secondary N) is 1. The van der Waals surface area contributed by atoms with Crippen molar-refractivity contribution in [2.45, 2.75) is 12.8 Å². The van der Waals surface area contributed by atoms with Gasteiger partial charge in [0, 0.05) is 18.0 Å². The van der Waals surface area contributed by atoms with Crippen molar-refractivity contribution in [1.82, 2.24) is 5.32 Å². The zero-order valence-electron chi connectivity index (χ0n) is 9.37. The van der Waals surface area contributed by atoms with Crippen molar-refractivity contribution in [3.63, 3.8) is 0 Å². The first-order valence-corrected chi connectivity index (χ1v) is 6.08. The van der Waals surface area contributed by atoms with Gasteiger partial charge < -0.3 is 14.8 Å². The molecule has 0 fully saturated rings. The lowest BCUT2D eigenvalue weighted by atomic mass is 10.2. The summed E-state index contributed by atoms with van der Waals surface area (Å²) < 4.78 is 10.4. The molecular formula is C12H14ClNO3. The van der Waals surface area contributed by atoms with Gasteiger partial charge in [0.1, 0.15) is 0 Å². The molecule has 0 saturated carbocycles. The number of hydrogen-bond donors (Lipinski definition) is 1. The van der Waals surface area contributed by atoms with E-state index in [1.165, 1.54) is 0 Å². The van der Waals surface area contributed by atoms with E-state index in [-0.39, 0.29) is 12.7 Å². The van der Waals surface area contributed by atoms with E-state index in [4.69, 9.17) is 21.1 Å². The molecule has 92 valence electrons. The average Bonchev–Trinajstić information content (AvgIpc) is 2.81. The molecule has 1 aromatic carbocycles. The largest absolute Gasteiger partial charge is 0.454 e. The van der Waals surface area contributed by atoms with Crippen LogP contribution in [-0.4, -0.2) is 25.1 Å². The number of carbonyl (C=O) groups is 1. The minimum Gasteiger partial charge on any atom is -0.454 e. The lowest BCUT2D eigenvalue weighted by Crippen LogP contribution is -2.24. The van der Waals surface area contributed by atoms with Gasteiger partial charge in [-0.3, -0.25) is 4.79 Å². The van der Waals surface area contributed by atoms with Gasteiger partial charge in [0.2, 0.25) is 6.79 Å². The monoisotopic (exact) mass is 255 g/mol. The van der Waals surface area contributed by atoms with Crippen molar-refractivity contribution < 1.29 is 14.3 Å². The number of benzene rings is 1. The smallest absolute Gasteiger partial charge is 0.251 e. The van der Waals surface area contributed by atoms with E-state index in [9.17, 15) is 4.79 Å². The minimum absolute atomic E-state index is 0.0992. The summed E-state index contributed by atoms with van der Waals surface area (Å²) in [5, 5.41) is 2.83. The fourth-order valence-corrected chi connectivity index (χ4v) is 1.75. The van der Waals surface area contributed by atoms with Gasteiger partial charge in [-0.2, -0.15) is 0 Å². The Labute approximate surface area is 105 Å². The van der Waals surface area contributed by atoms with Crippen molar-refractivity contribution >= 4 is 17.5 Å². The summed E-state index contributed by atoms with van der Waals surface area (Å²) in [4.78, 5) is 11.8. The summed E-state index contributed by atoms with van der Waals surface area (Å²) >= 11 is 5.55. The fourth-order valence-electron chi connectivity index (χ4n) is 1.56. The number of rotatable bonds is 5. The molecule has 1 aliphatic rings. The molecule has 5 heteroatoms. The minimum atomic E-state index is -0.0992. The second-order valence-corrected chi connectivity index (χ2v) is 4.10. The van der Waals surface area contributed by atoms with Crippen molar-refractivity contribution in [2.24, 2.45) is 0 Å². The molecule has 2 rings (SSSR count). The lowest BCUT2D eigenvalue weighted by Gasteiger charge is -2.05. The van der Waals surface area contributed by atoms with E-state index in [2.05, 4.69) is 5.32 Å². The first kappa shape index (κ1) is 12.0. The van der Waals surface area contributed by atoms with Gasteiger partial charge in [-0.25, -0.2) is 0 Å². The van der Waals surface area contributed by atoms with Crippen LogP contribution in [0.1, 0.15) is 23.2 Å². The zero-order chi connectivity index (χ0) is 12.1. The first-order chi connectivity index (χ1) is 8.31. The van der Waals surface area contributed by atoms with Crippen LogP contribution in [0.25, 0.3) is 0 Å². The molecule has 1 amide bonds. The van der Waals surface area contributed by atoms with Gasteiger partial charge in [0.05, 0.1) is 0 Å². The summed E-state index contributed by atoms with van der Waals surface area (Å²) in [6.45, 7) is 0.857. The van der Waals surface area contributed by atoms with Crippen molar-refractivity contribution in [3.8, 4) is 11.5 Å². The third-order valence-corrected chi connectivity index (χ3v) is 2.75. The highest BCUT2D eigenvalue weighted by atomic mass is 35.5. The Hall–Kier alpha value is -1.42. The normalized spacial score (nSPS) is 12.5. The van der Waals surface area contributed by atoms with Crippen molar-refractivity contribution in [2.75, 3.05) is 19.2 Å². The third-order valence-electron chi connectivity index (χ3n) is 2.48. The SMILES string of the molecule is O=C(NCCCCCl)c1ccc2c(c1)OCO2. The Morgan fingerprint density at radius 3 is 2.94 bits per heavy atom. The van der Waals surface area contributed by atoms with Crippen LogP contribution in [0, 0.1) is 0 Å². The van der Waals surface area contributed by atoms with Crippen LogP contribution >= 0.6 is 11.6 Å². The van der Waals surface area contributed by atoms with E-state index < -0.39 is 0 Å². The molecule has 0 unspecified atom stereocenters. The van der Waals surface area contributed by atoms with Crippen molar-refractivity contribution in [3.05, 3.63) is 23.8 Å². The van der Waals surface area contributed by atoms with E-state index >= 15 is 0 Å². The summed E-state index contributed by atoms with van der Waals surface area (Å²) in [5.74, 6) is 1.83. The standard InChI is InChI=1S/C12H14ClNO3/c13-5-1-2-6-14-12(15)9-3-4-10-11(7-9)17-8-16-10/h3-4,7H,1-2,5-6,8H2,(H,14,15). The van der Waals surface area contributed by atoms with Crippen LogP contribution in [0.5, 0.6) is 11.5 Å². The zero-order valence-corrected chi connectivity index (χ0v) is 10.1. The summed E-state index contributed by atoms with van der Waals surface area (Å²) in [6, 6.07) is 5.17. The van der Waals surface area contributed by atoms with Crippen LogP contribution in [0.15, 0.2) is 18.2 Å². The maximum atomic E-state index is 11.8. The molecule has 1 heterocycles. The van der Waals surface area contributed by atoms with E-state index in [0.717, 1.165) is 12.8 Å². The number of amides is 1. The van der Waals surface area contributed by atoms with Crippen LogP contribution in [0.2, 0.25) is 0 Å². The maximum Gasteiger partial charge on any atom is 0.251 e. The second-order valence-electron chi connectivity index (χ2n) is 3.72. The highest BCUT2D eigenvalue weighted by molar-refractivity contribution is 6.17. The molecule has 4 nitrogen and oxygen atoms in total. The number of fused-ring (bicyclic) bond motifs is 1. The molecule has 1 N–H and O–H groups in total. The molecule has 0 spiro atoms. The summed E-state index contributed by atoms with van der Waals surface area (Å²) in [7, 11) is 0. The van der Waals surface area contributed by atoms with Gasteiger partial charge in [-0.15, -0.1) is 11.6 Å². The van der Waals surface area contributed by atoms with Crippen LogP contribution < -0.4 is 14.8 Å². The van der Waals surface area contributed by atoms with Crippen LogP contribution in [0.4, 0.5) is 0 Å². The van der Waals surface area contributed by atoms with Gasteiger partial charge >= 0.3 is 0 Å². The van der Waals surface area contributed by atoms with E-state index in [1.54, 1.807) is 18.2 Å². The molecule has 0 aliphatic carbocycles. The quantitative estimate of drug-likeness (QED) is 0.648. The molecule has 1 aromatic rings. The molecule has 0 bridgehead atoms. The van der Waals surface area contributed by atoms with E-state index in [0.29, 0.717) is 29.5 Å². The fraction of sp³-hybridized carbons (Fsp3) is 0.417. The number of alkyl halides is 1. The number of hydrogen-bond acceptors (Lipinski definition) is 3. The van der Waals surface area contributed by atoms with Gasteiger partial charge in [-0.05, 0) is 31.0 Å². The number of unbranched alkanes of at least 4 members (excludes halogenated alkanes) is 1. The molecule has 0 atom stereocenters.